The minimum Gasteiger partial charge on any atom is -0.337 e. The highest BCUT2D eigenvalue weighted by molar-refractivity contribution is 6.18. The lowest BCUT2D eigenvalue weighted by Crippen LogP contribution is -2.49. The van der Waals surface area contributed by atoms with Crippen LogP contribution in [0.1, 0.15) is 11.4 Å². The van der Waals surface area contributed by atoms with Gasteiger partial charge in [-0.15, -0.1) is 5.10 Å². The van der Waals surface area contributed by atoms with E-state index in [1.807, 2.05) is 41.3 Å². The predicted octanol–water partition coefficient (Wildman–Crippen LogP) is 1.12. The Labute approximate surface area is 162 Å². The second kappa shape index (κ2) is 7.95. The molecule has 4 rings (SSSR count). The van der Waals surface area contributed by atoms with Gasteiger partial charge >= 0.3 is 0 Å². The average molecular weight is 376 g/mol. The van der Waals surface area contributed by atoms with Crippen molar-refractivity contribution in [1.29, 1.82) is 0 Å². The van der Waals surface area contributed by atoms with Gasteiger partial charge in [0.2, 0.25) is 5.95 Å². The first kappa shape index (κ1) is 17.8. The molecule has 1 aliphatic rings. The molecule has 1 amide bonds. The van der Waals surface area contributed by atoms with Crippen LogP contribution >= 0.6 is 0 Å². The van der Waals surface area contributed by atoms with Gasteiger partial charge in [-0.2, -0.15) is 4.68 Å². The molecule has 9 nitrogen and oxygen atoms in total. The normalized spacial score (nSPS) is 15.0. The van der Waals surface area contributed by atoms with E-state index in [0.717, 1.165) is 5.56 Å². The molecule has 0 N–H and O–H groups in total. The number of tetrazole rings is 1. The zero-order valence-electron chi connectivity index (χ0n) is 15.5. The van der Waals surface area contributed by atoms with E-state index in [1.165, 1.54) is 4.68 Å². The fraction of sp³-hybridized carbons (Fsp3) is 0.263. The van der Waals surface area contributed by atoms with Gasteiger partial charge < -0.3 is 9.80 Å². The fourth-order valence-electron chi connectivity index (χ4n) is 3.10. The number of aromatic nitrogens is 6. The molecule has 1 aliphatic heterocycles. The molecule has 3 aromatic rings. The molecule has 9 heteroatoms. The lowest BCUT2D eigenvalue weighted by atomic mass is 10.1. The first-order valence-corrected chi connectivity index (χ1v) is 9.06. The molecule has 142 valence electrons. The van der Waals surface area contributed by atoms with Crippen LogP contribution in [0.3, 0.4) is 0 Å². The molecule has 2 aromatic heterocycles. The molecule has 0 bridgehead atoms. The maximum Gasteiger partial charge on any atom is 0.272 e. The lowest BCUT2D eigenvalue weighted by molar-refractivity contribution is -0.125. The third-order valence-corrected chi connectivity index (χ3v) is 4.58. The Morgan fingerprint density at radius 2 is 1.71 bits per heavy atom. The van der Waals surface area contributed by atoms with Crippen molar-refractivity contribution in [2.24, 2.45) is 0 Å². The van der Waals surface area contributed by atoms with E-state index in [-0.39, 0.29) is 5.91 Å². The molecule has 0 atom stereocenters. The van der Waals surface area contributed by atoms with E-state index >= 15 is 0 Å². The number of benzene rings is 1. The van der Waals surface area contributed by atoms with Crippen molar-refractivity contribution in [1.82, 2.24) is 35.1 Å². The molecular formula is C19H20N8O. The molecule has 1 saturated heterocycles. The maximum absolute atomic E-state index is 13.3. The quantitative estimate of drug-likeness (QED) is 0.630. The summed E-state index contributed by atoms with van der Waals surface area (Å²) in [5.41, 5.74) is 1.34. The van der Waals surface area contributed by atoms with E-state index in [0.29, 0.717) is 43.6 Å². The number of rotatable bonds is 4. The standard InChI is InChI=1S/C19H20N8O/c1-15-22-23-24-27(15)17(14-16-6-3-2-4-7-16)18(28)25-10-12-26(13-11-25)19-20-8-5-9-21-19/h2-9,14H,10-13H2,1H3. The van der Waals surface area contributed by atoms with Gasteiger partial charge in [-0.1, -0.05) is 30.3 Å². The Kier molecular flexibility index (Phi) is 5.05. The summed E-state index contributed by atoms with van der Waals surface area (Å²) in [4.78, 5) is 25.7. The van der Waals surface area contributed by atoms with Crippen molar-refractivity contribution in [2.75, 3.05) is 31.1 Å². The molecular weight excluding hydrogens is 356 g/mol. The lowest BCUT2D eigenvalue weighted by Gasteiger charge is -2.35. The Bertz CT molecular complexity index is 962. The van der Waals surface area contributed by atoms with Gasteiger partial charge in [0.15, 0.2) is 5.82 Å². The van der Waals surface area contributed by atoms with Gasteiger partial charge in [0.1, 0.15) is 5.70 Å². The number of piperazine rings is 1. The van der Waals surface area contributed by atoms with Gasteiger partial charge in [0.25, 0.3) is 5.91 Å². The predicted molar refractivity (Wildman–Crippen MR) is 104 cm³/mol. The minimum absolute atomic E-state index is 0.104. The number of hydrogen-bond acceptors (Lipinski definition) is 7. The molecule has 28 heavy (non-hydrogen) atoms. The number of carbonyl (C=O) groups excluding carboxylic acids is 1. The van der Waals surface area contributed by atoms with Crippen LogP contribution in [-0.4, -0.2) is 67.2 Å². The summed E-state index contributed by atoms with van der Waals surface area (Å²) in [6.45, 7) is 4.26. The second-order valence-electron chi connectivity index (χ2n) is 6.41. The van der Waals surface area contributed by atoms with Crippen LogP contribution in [0.2, 0.25) is 0 Å². The van der Waals surface area contributed by atoms with Crippen LogP contribution in [0.5, 0.6) is 0 Å². The van der Waals surface area contributed by atoms with Crippen LogP contribution in [0, 0.1) is 6.92 Å². The van der Waals surface area contributed by atoms with E-state index in [2.05, 4.69) is 30.4 Å². The molecule has 3 heterocycles. The maximum atomic E-state index is 13.3. The highest BCUT2D eigenvalue weighted by atomic mass is 16.2. The topological polar surface area (TPSA) is 92.9 Å². The SMILES string of the molecule is Cc1nnnn1C(=Cc1ccccc1)C(=O)N1CCN(c2ncccn2)CC1. The van der Waals surface area contributed by atoms with Gasteiger partial charge in [-0.3, -0.25) is 4.79 Å². The first-order chi connectivity index (χ1) is 13.7. The number of hydrogen-bond donors (Lipinski definition) is 0. The smallest absolute Gasteiger partial charge is 0.272 e. The van der Waals surface area contributed by atoms with Gasteiger partial charge in [-0.05, 0) is 35.1 Å². The number of carbonyl (C=O) groups is 1. The summed E-state index contributed by atoms with van der Waals surface area (Å²) in [6, 6.07) is 11.5. The third-order valence-electron chi connectivity index (χ3n) is 4.58. The summed E-state index contributed by atoms with van der Waals surface area (Å²) in [5.74, 6) is 1.14. The fourth-order valence-corrected chi connectivity index (χ4v) is 3.10. The second-order valence-corrected chi connectivity index (χ2v) is 6.41. The molecule has 0 saturated carbocycles. The highest BCUT2D eigenvalue weighted by Crippen LogP contribution is 2.17. The molecule has 0 spiro atoms. The molecule has 0 radical (unpaired) electrons. The van der Waals surface area contributed by atoms with Crippen LogP contribution in [-0.2, 0) is 4.79 Å². The zero-order valence-corrected chi connectivity index (χ0v) is 15.5. The van der Waals surface area contributed by atoms with E-state index < -0.39 is 0 Å². The summed E-state index contributed by atoms with van der Waals surface area (Å²) >= 11 is 0. The number of nitrogens with zero attached hydrogens (tertiary/aromatic N) is 8. The van der Waals surface area contributed by atoms with Crippen molar-refractivity contribution in [3.05, 3.63) is 60.2 Å². The number of aryl methyl sites for hydroxylation is 1. The Morgan fingerprint density at radius 3 is 2.36 bits per heavy atom. The summed E-state index contributed by atoms with van der Waals surface area (Å²) in [7, 11) is 0. The third kappa shape index (κ3) is 3.73. The Balaban J connectivity index is 1.55. The van der Waals surface area contributed by atoms with E-state index in [9.17, 15) is 4.79 Å². The summed E-state index contributed by atoms with van der Waals surface area (Å²) in [6.07, 6.45) is 5.26. The minimum atomic E-state index is -0.104. The largest absolute Gasteiger partial charge is 0.337 e. The van der Waals surface area contributed by atoms with Crippen molar-refractivity contribution >= 4 is 23.6 Å². The van der Waals surface area contributed by atoms with Gasteiger partial charge in [0, 0.05) is 38.6 Å². The van der Waals surface area contributed by atoms with Gasteiger partial charge in [-0.25, -0.2) is 9.97 Å². The molecule has 0 aliphatic carbocycles. The van der Waals surface area contributed by atoms with Crippen molar-refractivity contribution < 1.29 is 4.79 Å². The molecule has 0 unspecified atom stereocenters. The zero-order chi connectivity index (χ0) is 19.3. The van der Waals surface area contributed by atoms with Crippen LogP contribution in [0.25, 0.3) is 11.8 Å². The van der Waals surface area contributed by atoms with Crippen molar-refractivity contribution in [2.45, 2.75) is 6.92 Å². The van der Waals surface area contributed by atoms with Crippen LogP contribution < -0.4 is 4.90 Å². The Hall–Kier alpha value is -3.62. The monoisotopic (exact) mass is 376 g/mol. The first-order valence-electron chi connectivity index (χ1n) is 9.06. The highest BCUT2D eigenvalue weighted by Gasteiger charge is 2.27. The average Bonchev–Trinajstić information content (AvgIpc) is 3.18. The summed E-state index contributed by atoms with van der Waals surface area (Å²) < 4.78 is 1.49. The van der Waals surface area contributed by atoms with Gasteiger partial charge in [0.05, 0.1) is 0 Å². The number of amides is 1. The number of anilines is 1. The summed E-state index contributed by atoms with van der Waals surface area (Å²) in [5, 5.41) is 11.6. The van der Waals surface area contributed by atoms with Crippen LogP contribution in [0.4, 0.5) is 5.95 Å². The van der Waals surface area contributed by atoms with Crippen LogP contribution in [0.15, 0.2) is 48.8 Å². The Morgan fingerprint density at radius 1 is 1.00 bits per heavy atom. The van der Waals surface area contributed by atoms with E-state index in [4.69, 9.17) is 0 Å². The van der Waals surface area contributed by atoms with Crippen molar-refractivity contribution in [3.8, 4) is 0 Å². The molecule has 1 fully saturated rings. The molecule has 1 aromatic carbocycles. The van der Waals surface area contributed by atoms with E-state index in [1.54, 1.807) is 25.4 Å². The van der Waals surface area contributed by atoms with Crippen molar-refractivity contribution in [3.63, 3.8) is 0 Å².